The van der Waals surface area contributed by atoms with E-state index in [1.165, 1.54) is 5.56 Å². The average molecular weight is 331 g/mol. The molecule has 23 heavy (non-hydrogen) atoms. The van der Waals surface area contributed by atoms with Crippen LogP contribution in [0.5, 0.6) is 5.75 Å². The van der Waals surface area contributed by atoms with Gasteiger partial charge in [0, 0.05) is 10.6 Å². The fourth-order valence-electron chi connectivity index (χ4n) is 2.70. The van der Waals surface area contributed by atoms with Gasteiger partial charge in [0.25, 0.3) is 0 Å². The Hall–Kier alpha value is -2.04. The molecule has 1 fully saturated rings. The minimum atomic E-state index is 0.279. The number of phenolic OH excluding ortho intramolecular Hbond substituents is 1. The number of benzene rings is 2. The van der Waals surface area contributed by atoms with Crippen molar-refractivity contribution in [2.45, 2.75) is 6.54 Å². The Balaban J connectivity index is 1.48. The molecule has 3 rings (SSSR count). The molecule has 1 saturated heterocycles. The van der Waals surface area contributed by atoms with Crippen LogP contribution in [-0.4, -0.2) is 42.5 Å². The monoisotopic (exact) mass is 330 g/mol. The normalized spacial score (nSPS) is 16.1. The number of hydrogen-bond donors (Lipinski definition) is 2. The third-order valence-corrected chi connectivity index (χ3v) is 4.33. The van der Waals surface area contributed by atoms with Crippen molar-refractivity contribution in [2.75, 3.05) is 26.2 Å². The molecule has 2 N–H and O–H groups in total. The van der Waals surface area contributed by atoms with Crippen LogP contribution in [0.15, 0.2) is 53.6 Å². The highest BCUT2D eigenvalue weighted by Gasteiger charge is 2.18. The van der Waals surface area contributed by atoms with Crippen LogP contribution in [0.1, 0.15) is 11.1 Å². The third kappa shape index (κ3) is 4.71. The van der Waals surface area contributed by atoms with E-state index in [4.69, 9.17) is 11.6 Å². The smallest absolute Gasteiger partial charge is 0.115 e. The maximum atomic E-state index is 9.27. The van der Waals surface area contributed by atoms with Crippen molar-refractivity contribution in [3.05, 3.63) is 64.7 Å². The van der Waals surface area contributed by atoms with Crippen molar-refractivity contribution in [3.8, 4) is 5.75 Å². The van der Waals surface area contributed by atoms with Gasteiger partial charge in [-0.05, 0) is 42.0 Å². The van der Waals surface area contributed by atoms with Gasteiger partial charge in [0.2, 0.25) is 0 Å². The van der Waals surface area contributed by atoms with Crippen molar-refractivity contribution >= 4 is 17.8 Å². The first-order chi connectivity index (χ1) is 11.2. The Bertz CT molecular complexity index is 647. The molecule has 1 heterocycles. The van der Waals surface area contributed by atoms with Crippen LogP contribution in [0, 0.1) is 0 Å². The Morgan fingerprint density at radius 2 is 1.70 bits per heavy atom. The molecule has 0 saturated carbocycles. The summed E-state index contributed by atoms with van der Waals surface area (Å²) in [6, 6.07) is 15.2. The minimum Gasteiger partial charge on any atom is -0.508 e. The molecule has 0 unspecified atom stereocenters. The first-order valence-corrected chi connectivity index (χ1v) is 8.23. The summed E-state index contributed by atoms with van der Waals surface area (Å²) >= 11 is 5.92. The summed E-state index contributed by atoms with van der Waals surface area (Å²) in [7, 11) is 0. The number of hydrazone groups is 1. The van der Waals surface area contributed by atoms with Crippen molar-refractivity contribution in [2.24, 2.45) is 5.10 Å². The van der Waals surface area contributed by atoms with Gasteiger partial charge >= 0.3 is 0 Å². The molecule has 120 valence electrons. The van der Waals surface area contributed by atoms with E-state index in [2.05, 4.69) is 22.2 Å². The molecule has 0 bridgehead atoms. The Morgan fingerprint density at radius 3 is 2.35 bits per heavy atom. The van der Waals surface area contributed by atoms with Gasteiger partial charge in [-0.15, -0.1) is 0 Å². The predicted octanol–water partition coefficient (Wildman–Crippen LogP) is 1.78. The molecule has 0 aliphatic carbocycles. The molecule has 2 aromatic rings. The Labute approximate surface area is 141 Å². The minimum absolute atomic E-state index is 0.279. The summed E-state index contributed by atoms with van der Waals surface area (Å²) in [6.45, 7) is 5.10. The number of piperazine rings is 1. The standard InChI is InChI=1S/C18H20ClN3O/c19-17-5-1-16(2-6-17)14-21-9-11-22(12-10-21)20-13-15-3-7-18(23)8-4-15/h1-8,13,23H,9-12,14H2/p+1/b20-13+. The highest BCUT2D eigenvalue weighted by Crippen LogP contribution is 2.09. The number of phenols is 1. The Kier molecular flexibility index (Phi) is 5.16. The molecule has 2 aromatic carbocycles. The third-order valence-electron chi connectivity index (χ3n) is 4.08. The lowest BCUT2D eigenvalue weighted by Gasteiger charge is -2.30. The lowest BCUT2D eigenvalue weighted by atomic mass is 10.2. The molecule has 0 amide bonds. The van der Waals surface area contributed by atoms with Crippen LogP contribution in [0.25, 0.3) is 0 Å². The van der Waals surface area contributed by atoms with E-state index in [0.717, 1.165) is 43.3 Å². The van der Waals surface area contributed by atoms with E-state index in [1.54, 1.807) is 17.0 Å². The lowest BCUT2D eigenvalue weighted by Crippen LogP contribution is -3.13. The van der Waals surface area contributed by atoms with E-state index in [1.807, 2.05) is 30.5 Å². The SMILES string of the molecule is Oc1ccc(/C=N/N2CC[NH+](Cc3ccc(Cl)cc3)CC2)cc1. The molecule has 5 heteroatoms. The molecule has 0 spiro atoms. The molecular formula is C18H21ClN3O+. The molecule has 0 atom stereocenters. The molecule has 0 radical (unpaired) electrons. The number of quaternary nitrogens is 1. The van der Waals surface area contributed by atoms with Crippen molar-refractivity contribution in [1.82, 2.24) is 5.01 Å². The van der Waals surface area contributed by atoms with E-state index in [-0.39, 0.29) is 5.75 Å². The fraction of sp³-hybridized carbons (Fsp3) is 0.278. The second-order valence-corrected chi connectivity index (χ2v) is 6.28. The molecule has 1 aliphatic rings. The van der Waals surface area contributed by atoms with Gasteiger partial charge in [-0.25, -0.2) is 0 Å². The second kappa shape index (κ2) is 7.49. The van der Waals surface area contributed by atoms with Gasteiger partial charge in [-0.3, -0.25) is 5.01 Å². The summed E-state index contributed by atoms with van der Waals surface area (Å²) in [5, 5.41) is 16.7. The van der Waals surface area contributed by atoms with Crippen LogP contribution in [0.2, 0.25) is 5.02 Å². The van der Waals surface area contributed by atoms with Crippen molar-refractivity contribution in [1.29, 1.82) is 0 Å². The van der Waals surface area contributed by atoms with Gasteiger partial charge in [0.05, 0.1) is 32.4 Å². The number of rotatable bonds is 4. The largest absolute Gasteiger partial charge is 0.508 e. The molecule has 0 aromatic heterocycles. The van der Waals surface area contributed by atoms with Crippen LogP contribution < -0.4 is 4.90 Å². The van der Waals surface area contributed by atoms with Crippen LogP contribution >= 0.6 is 11.6 Å². The lowest BCUT2D eigenvalue weighted by molar-refractivity contribution is -0.918. The predicted molar refractivity (Wildman–Crippen MR) is 93.1 cm³/mol. The molecule has 4 nitrogen and oxygen atoms in total. The zero-order chi connectivity index (χ0) is 16.1. The highest BCUT2D eigenvalue weighted by molar-refractivity contribution is 6.30. The maximum Gasteiger partial charge on any atom is 0.115 e. The maximum absolute atomic E-state index is 9.27. The number of aromatic hydroxyl groups is 1. The second-order valence-electron chi connectivity index (χ2n) is 5.84. The van der Waals surface area contributed by atoms with E-state index < -0.39 is 0 Å². The molecular weight excluding hydrogens is 310 g/mol. The fourth-order valence-corrected chi connectivity index (χ4v) is 2.83. The summed E-state index contributed by atoms with van der Waals surface area (Å²) in [6.07, 6.45) is 1.85. The van der Waals surface area contributed by atoms with Crippen LogP contribution in [0.3, 0.4) is 0 Å². The van der Waals surface area contributed by atoms with Gasteiger partial charge in [0.15, 0.2) is 0 Å². The molecule has 1 aliphatic heterocycles. The topological polar surface area (TPSA) is 40.3 Å². The number of hydrogen-bond acceptors (Lipinski definition) is 3. The van der Waals surface area contributed by atoms with Gasteiger partial charge < -0.3 is 10.0 Å². The first kappa shape index (κ1) is 15.8. The summed E-state index contributed by atoms with van der Waals surface area (Å²) in [5.74, 6) is 0.279. The zero-order valence-electron chi connectivity index (χ0n) is 13.0. The van der Waals surface area contributed by atoms with E-state index in [9.17, 15) is 5.11 Å². The van der Waals surface area contributed by atoms with E-state index in [0.29, 0.717) is 0 Å². The summed E-state index contributed by atoms with van der Waals surface area (Å²) < 4.78 is 0. The van der Waals surface area contributed by atoms with Crippen molar-refractivity contribution in [3.63, 3.8) is 0 Å². The quantitative estimate of drug-likeness (QED) is 0.839. The summed E-state index contributed by atoms with van der Waals surface area (Å²) in [4.78, 5) is 1.57. The highest BCUT2D eigenvalue weighted by atomic mass is 35.5. The zero-order valence-corrected chi connectivity index (χ0v) is 13.7. The van der Waals surface area contributed by atoms with E-state index >= 15 is 0 Å². The Morgan fingerprint density at radius 1 is 1.04 bits per heavy atom. The van der Waals surface area contributed by atoms with Crippen LogP contribution in [0.4, 0.5) is 0 Å². The van der Waals surface area contributed by atoms with Gasteiger partial charge in [0.1, 0.15) is 12.3 Å². The number of nitrogens with one attached hydrogen (secondary N) is 1. The summed E-state index contributed by atoms with van der Waals surface area (Å²) in [5.41, 5.74) is 2.32. The van der Waals surface area contributed by atoms with Gasteiger partial charge in [-0.1, -0.05) is 23.7 Å². The first-order valence-electron chi connectivity index (χ1n) is 7.85. The number of halogens is 1. The van der Waals surface area contributed by atoms with Crippen LogP contribution in [-0.2, 0) is 6.54 Å². The average Bonchev–Trinajstić information content (AvgIpc) is 2.58. The van der Waals surface area contributed by atoms with Gasteiger partial charge in [-0.2, -0.15) is 5.10 Å². The number of nitrogens with zero attached hydrogens (tertiary/aromatic N) is 2. The van der Waals surface area contributed by atoms with Crippen molar-refractivity contribution < 1.29 is 10.0 Å².